The topological polar surface area (TPSA) is 60.7 Å². The molecule has 4 nitrogen and oxygen atoms in total. The first-order valence-electron chi connectivity index (χ1n) is 8.15. The molecule has 3 N–H and O–H groups in total. The van der Waals surface area contributed by atoms with Crippen LogP contribution in [0.4, 0.5) is 0 Å². The maximum absolute atomic E-state index is 11.4. The zero-order chi connectivity index (χ0) is 14.1. The van der Waals surface area contributed by atoms with E-state index in [9.17, 15) is 4.79 Å². The number of hydrogen-bond donors (Lipinski definition) is 3. The average Bonchev–Trinajstić information content (AvgIpc) is 2.82. The summed E-state index contributed by atoms with van der Waals surface area (Å²) in [5, 5.41) is 3.55. The molecule has 3 saturated carbocycles. The first-order valence-corrected chi connectivity index (χ1v) is 8.15. The van der Waals surface area contributed by atoms with Gasteiger partial charge in [0.15, 0.2) is 0 Å². The van der Waals surface area contributed by atoms with E-state index in [0.29, 0.717) is 6.04 Å². The average molecular weight is 283 g/mol. The fourth-order valence-electron chi connectivity index (χ4n) is 5.66. The van der Waals surface area contributed by atoms with Gasteiger partial charge in [0.25, 0.3) is 0 Å². The molecule has 3 aliphatic carbocycles. The van der Waals surface area contributed by atoms with Gasteiger partial charge in [0.1, 0.15) is 0 Å². The number of benzene rings is 1. The molecule has 0 radical (unpaired) electrons. The first-order chi connectivity index (χ1) is 10.3. The Morgan fingerprint density at radius 2 is 1.86 bits per heavy atom. The summed E-state index contributed by atoms with van der Waals surface area (Å²) < 4.78 is 0. The van der Waals surface area contributed by atoms with Crippen molar-refractivity contribution in [2.45, 2.75) is 25.3 Å². The predicted molar refractivity (Wildman–Crippen MR) is 82.0 cm³/mol. The van der Waals surface area contributed by atoms with E-state index >= 15 is 0 Å². The van der Waals surface area contributed by atoms with E-state index in [1.807, 2.05) is 6.07 Å². The lowest BCUT2D eigenvalue weighted by Gasteiger charge is -2.20. The zero-order valence-electron chi connectivity index (χ0n) is 12.2. The number of nitrogens with one attached hydrogen (secondary N) is 3. The van der Waals surface area contributed by atoms with E-state index in [1.54, 1.807) is 0 Å². The molecule has 5 rings (SSSR count). The van der Waals surface area contributed by atoms with E-state index in [-0.39, 0.29) is 5.69 Å². The number of hydrogen-bond acceptors (Lipinski definition) is 2. The van der Waals surface area contributed by atoms with Crippen molar-refractivity contribution in [3.63, 3.8) is 0 Å². The molecule has 21 heavy (non-hydrogen) atoms. The summed E-state index contributed by atoms with van der Waals surface area (Å²) in [6.07, 6.45) is 4.41. The number of aromatic amines is 2. The van der Waals surface area contributed by atoms with Crippen LogP contribution >= 0.6 is 0 Å². The van der Waals surface area contributed by atoms with Gasteiger partial charge < -0.3 is 15.3 Å². The number of H-pyrrole nitrogens is 2. The molecule has 110 valence electrons. The Bertz CT molecular complexity index is 745. The Hall–Kier alpha value is -1.55. The van der Waals surface area contributed by atoms with Crippen molar-refractivity contribution in [3.8, 4) is 0 Å². The van der Waals surface area contributed by atoms with Gasteiger partial charge in [0.2, 0.25) is 0 Å². The normalized spacial score (nSPS) is 37.9. The third-order valence-corrected chi connectivity index (χ3v) is 6.39. The second-order valence-electron chi connectivity index (χ2n) is 7.22. The van der Waals surface area contributed by atoms with Crippen LogP contribution in [0.2, 0.25) is 0 Å². The van der Waals surface area contributed by atoms with E-state index in [2.05, 4.69) is 34.5 Å². The van der Waals surface area contributed by atoms with E-state index < -0.39 is 0 Å². The van der Waals surface area contributed by atoms with Crippen LogP contribution in [0.3, 0.4) is 0 Å². The minimum atomic E-state index is -0.121. The Labute approximate surface area is 123 Å². The molecule has 1 aromatic heterocycles. The van der Waals surface area contributed by atoms with Gasteiger partial charge >= 0.3 is 5.69 Å². The van der Waals surface area contributed by atoms with Gasteiger partial charge in [-0.05, 0) is 73.6 Å². The maximum Gasteiger partial charge on any atom is 0.323 e. The summed E-state index contributed by atoms with van der Waals surface area (Å²) in [4.78, 5) is 17.1. The quantitative estimate of drug-likeness (QED) is 0.810. The van der Waals surface area contributed by atoms with Gasteiger partial charge in [0.05, 0.1) is 11.0 Å². The summed E-state index contributed by atoms with van der Waals surface area (Å²) in [5.74, 6) is 4.72. The second kappa shape index (κ2) is 4.01. The molecular weight excluding hydrogens is 262 g/mol. The van der Waals surface area contributed by atoms with Crippen LogP contribution in [-0.2, 0) is 0 Å². The minimum Gasteiger partial charge on any atom is -0.313 e. The summed E-state index contributed by atoms with van der Waals surface area (Å²) in [7, 11) is 2.07. The van der Waals surface area contributed by atoms with Gasteiger partial charge in [-0.2, -0.15) is 0 Å². The highest BCUT2D eigenvalue weighted by atomic mass is 16.1. The molecule has 0 saturated heterocycles. The largest absolute Gasteiger partial charge is 0.323 e. The van der Waals surface area contributed by atoms with Gasteiger partial charge in [-0.3, -0.25) is 0 Å². The van der Waals surface area contributed by atoms with Crippen molar-refractivity contribution in [2.75, 3.05) is 7.05 Å². The molecule has 0 amide bonds. The Morgan fingerprint density at radius 1 is 1.14 bits per heavy atom. The third kappa shape index (κ3) is 1.57. The van der Waals surface area contributed by atoms with Gasteiger partial charge in [-0.15, -0.1) is 0 Å². The van der Waals surface area contributed by atoms with Crippen LogP contribution in [0.15, 0.2) is 23.0 Å². The van der Waals surface area contributed by atoms with Crippen molar-refractivity contribution in [3.05, 3.63) is 34.2 Å². The number of aromatic nitrogens is 2. The van der Waals surface area contributed by atoms with Crippen LogP contribution < -0.4 is 11.0 Å². The van der Waals surface area contributed by atoms with Crippen molar-refractivity contribution in [1.82, 2.24) is 15.3 Å². The molecule has 5 atom stereocenters. The number of imidazole rings is 1. The Balaban J connectivity index is 1.50. The SMILES string of the molecule is CNC(c1ccc2[nH]c(=O)[nH]c2c1)C1C2C3CCC(C3)C21. The van der Waals surface area contributed by atoms with Crippen LogP contribution in [0.5, 0.6) is 0 Å². The van der Waals surface area contributed by atoms with Crippen molar-refractivity contribution >= 4 is 11.0 Å². The van der Waals surface area contributed by atoms with Crippen molar-refractivity contribution < 1.29 is 0 Å². The lowest BCUT2D eigenvalue weighted by molar-refractivity contribution is 0.386. The highest BCUT2D eigenvalue weighted by molar-refractivity contribution is 5.75. The molecule has 3 aliphatic rings. The standard InChI is InChI=1S/C17H21N3O/c1-18-16(15-13-8-2-3-9(6-8)14(13)15)10-4-5-11-12(7-10)20-17(21)19-11/h4-5,7-9,13-16,18H,2-3,6H2,1H3,(H2,19,20,21). The van der Waals surface area contributed by atoms with Crippen LogP contribution in [-0.4, -0.2) is 17.0 Å². The summed E-state index contributed by atoms with van der Waals surface area (Å²) in [6.45, 7) is 0. The monoisotopic (exact) mass is 283 g/mol. The lowest BCUT2D eigenvalue weighted by atomic mass is 9.93. The Kier molecular flexibility index (Phi) is 2.30. The molecule has 1 aromatic carbocycles. The Morgan fingerprint density at radius 3 is 2.57 bits per heavy atom. The molecule has 2 aromatic rings. The molecule has 4 heteroatoms. The highest BCUT2D eigenvalue weighted by Crippen LogP contribution is 2.72. The molecule has 0 spiro atoms. The zero-order valence-corrected chi connectivity index (χ0v) is 12.2. The predicted octanol–water partition coefficient (Wildman–Crippen LogP) is 2.41. The fraction of sp³-hybridized carbons (Fsp3) is 0.588. The fourth-order valence-corrected chi connectivity index (χ4v) is 5.66. The molecule has 3 fully saturated rings. The first kappa shape index (κ1) is 12.0. The van der Waals surface area contributed by atoms with Gasteiger partial charge in [-0.1, -0.05) is 6.07 Å². The van der Waals surface area contributed by atoms with E-state index in [1.165, 1.54) is 24.8 Å². The van der Waals surface area contributed by atoms with Gasteiger partial charge in [0, 0.05) is 6.04 Å². The molecule has 5 unspecified atom stereocenters. The van der Waals surface area contributed by atoms with E-state index in [0.717, 1.165) is 40.6 Å². The molecule has 0 aliphatic heterocycles. The molecule has 2 bridgehead atoms. The lowest BCUT2D eigenvalue weighted by Crippen LogP contribution is -2.21. The second-order valence-corrected chi connectivity index (χ2v) is 7.22. The molecular formula is C17H21N3O. The van der Waals surface area contributed by atoms with Crippen LogP contribution in [0.25, 0.3) is 11.0 Å². The summed E-state index contributed by atoms with van der Waals surface area (Å²) >= 11 is 0. The number of fused-ring (bicyclic) bond motifs is 6. The van der Waals surface area contributed by atoms with E-state index in [4.69, 9.17) is 0 Å². The van der Waals surface area contributed by atoms with Crippen LogP contribution in [0.1, 0.15) is 30.9 Å². The summed E-state index contributed by atoms with van der Waals surface area (Å²) in [5.41, 5.74) is 3.02. The minimum absolute atomic E-state index is 0.121. The summed E-state index contributed by atoms with van der Waals surface area (Å²) in [6, 6.07) is 6.78. The van der Waals surface area contributed by atoms with Crippen molar-refractivity contribution in [1.29, 1.82) is 0 Å². The van der Waals surface area contributed by atoms with Crippen LogP contribution in [0, 0.1) is 29.6 Å². The highest BCUT2D eigenvalue weighted by Gasteiger charge is 2.66. The smallest absolute Gasteiger partial charge is 0.313 e. The number of rotatable bonds is 3. The van der Waals surface area contributed by atoms with Crippen molar-refractivity contribution in [2.24, 2.45) is 29.6 Å². The van der Waals surface area contributed by atoms with Gasteiger partial charge in [-0.25, -0.2) is 4.79 Å². The molecule has 1 heterocycles. The third-order valence-electron chi connectivity index (χ3n) is 6.39. The maximum atomic E-state index is 11.4.